The summed E-state index contributed by atoms with van der Waals surface area (Å²) in [5.41, 5.74) is 4.25. The lowest BCUT2D eigenvalue weighted by molar-refractivity contribution is 0.112. The number of carbonyl (C=O) groups is 1. The Labute approximate surface area is 122 Å². The van der Waals surface area contributed by atoms with Crippen LogP contribution in [-0.4, -0.2) is 6.29 Å². The van der Waals surface area contributed by atoms with Crippen molar-refractivity contribution in [2.75, 3.05) is 0 Å². The molecule has 0 fully saturated rings. The molecule has 0 saturated carbocycles. The maximum atomic E-state index is 13.2. The number of benzene rings is 3. The van der Waals surface area contributed by atoms with Crippen LogP contribution in [0.2, 0.25) is 0 Å². The highest BCUT2D eigenvalue weighted by Gasteiger charge is 2.06. The molecule has 0 radical (unpaired) electrons. The Bertz CT molecular complexity index is 761. The summed E-state index contributed by atoms with van der Waals surface area (Å²) in [7, 11) is 0. The standard InChI is InChI=1S/C19H13FO/c20-18-10-11-19(17(12-18)13-21)16-8-6-15(7-9-16)14-4-2-1-3-5-14/h1-13H. The lowest BCUT2D eigenvalue weighted by atomic mass is 9.97. The number of carbonyl (C=O) groups excluding carboxylic acids is 1. The molecule has 0 N–H and O–H groups in total. The first kappa shape index (κ1) is 13.3. The minimum atomic E-state index is -0.401. The number of halogens is 1. The van der Waals surface area contributed by atoms with Crippen LogP contribution in [0.5, 0.6) is 0 Å². The van der Waals surface area contributed by atoms with Crippen molar-refractivity contribution in [1.29, 1.82) is 0 Å². The van der Waals surface area contributed by atoms with Crippen LogP contribution in [0.25, 0.3) is 22.3 Å². The van der Waals surface area contributed by atoms with Crippen LogP contribution >= 0.6 is 0 Å². The molecule has 0 unspecified atom stereocenters. The minimum Gasteiger partial charge on any atom is -0.298 e. The second kappa shape index (κ2) is 5.71. The largest absolute Gasteiger partial charge is 0.298 e. The first-order valence-electron chi connectivity index (χ1n) is 6.68. The molecule has 0 spiro atoms. The molecule has 0 bridgehead atoms. The summed E-state index contributed by atoms with van der Waals surface area (Å²) in [6.45, 7) is 0. The molecular weight excluding hydrogens is 263 g/mol. The van der Waals surface area contributed by atoms with Gasteiger partial charge in [0, 0.05) is 5.56 Å². The van der Waals surface area contributed by atoms with E-state index in [0.29, 0.717) is 11.8 Å². The normalized spacial score (nSPS) is 10.3. The molecule has 3 aromatic carbocycles. The summed E-state index contributed by atoms with van der Waals surface area (Å²) in [6.07, 6.45) is 0.684. The van der Waals surface area contributed by atoms with Crippen molar-refractivity contribution >= 4 is 6.29 Å². The topological polar surface area (TPSA) is 17.1 Å². The molecule has 102 valence electrons. The van der Waals surface area contributed by atoms with Gasteiger partial charge in [-0.05, 0) is 34.4 Å². The van der Waals surface area contributed by atoms with E-state index in [2.05, 4.69) is 0 Å². The number of aldehydes is 1. The predicted octanol–water partition coefficient (Wildman–Crippen LogP) is 4.97. The molecule has 0 saturated heterocycles. The zero-order chi connectivity index (χ0) is 14.7. The van der Waals surface area contributed by atoms with Gasteiger partial charge in [-0.3, -0.25) is 4.79 Å². The quantitative estimate of drug-likeness (QED) is 0.617. The zero-order valence-corrected chi connectivity index (χ0v) is 11.3. The fourth-order valence-electron chi connectivity index (χ4n) is 2.37. The molecule has 0 atom stereocenters. The number of hydrogen-bond acceptors (Lipinski definition) is 1. The Balaban J connectivity index is 2.00. The van der Waals surface area contributed by atoms with Gasteiger partial charge in [-0.25, -0.2) is 4.39 Å². The monoisotopic (exact) mass is 276 g/mol. The van der Waals surface area contributed by atoms with E-state index in [1.807, 2.05) is 54.6 Å². The third-order valence-electron chi connectivity index (χ3n) is 3.44. The summed E-state index contributed by atoms with van der Waals surface area (Å²) >= 11 is 0. The summed E-state index contributed by atoms with van der Waals surface area (Å²) in [4.78, 5) is 11.1. The van der Waals surface area contributed by atoms with Gasteiger partial charge in [-0.2, -0.15) is 0 Å². The number of rotatable bonds is 3. The highest BCUT2D eigenvalue weighted by Crippen LogP contribution is 2.27. The van der Waals surface area contributed by atoms with Gasteiger partial charge < -0.3 is 0 Å². The maximum Gasteiger partial charge on any atom is 0.150 e. The van der Waals surface area contributed by atoms with Crippen molar-refractivity contribution in [1.82, 2.24) is 0 Å². The van der Waals surface area contributed by atoms with Crippen LogP contribution in [0.4, 0.5) is 4.39 Å². The van der Waals surface area contributed by atoms with Crippen LogP contribution < -0.4 is 0 Å². The molecule has 3 aromatic rings. The van der Waals surface area contributed by atoms with Crippen LogP contribution in [0.1, 0.15) is 10.4 Å². The number of hydrogen-bond donors (Lipinski definition) is 0. The molecule has 0 aliphatic rings. The zero-order valence-electron chi connectivity index (χ0n) is 11.3. The van der Waals surface area contributed by atoms with Gasteiger partial charge >= 0.3 is 0 Å². The fraction of sp³-hybridized carbons (Fsp3) is 0. The lowest BCUT2D eigenvalue weighted by Crippen LogP contribution is -1.89. The van der Waals surface area contributed by atoms with Crippen molar-refractivity contribution in [2.45, 2.75) is 0 Å². The fourth-order valence-corrected chi connectivity index (χ4v) is 2.37. The highest BCUT2D eigenvalue weighted by molar-refractivity contribution is 5.88. The van der Waals surface area contributed by atoms with Gasteiger partial charge in [0.05, 0.1) is 0 Å². The van der Waals surface area contributed by atoms with Crippen LogP contribution in [-0.2, 0) is 0 Å². The molecule has 0 aromatic heterocycles. The van der Waals surface area contributed by atoms with Crippen molar-refractivity contribution in [3.8, 4) is 22.3 Å². The molecule has 0 amide bonds. The third-order valence-corrected chi connectivity index (χ3v) is 3.44. The van der Waals surface area contributed by atoms with E-state index in [0.717, 1.165) is 22.3 Å². The summed E-state index contributed by atoms with van der Waals surface area (Å²) in [5, 5.41) is 0. The molecule has 3 rings (SSSR count). The van der Waals surface area contributed by atoms with E-state index in [9.17, 15) is 9.18 Å². The van der Waals surface area contributed by atoms with E-state index in [-0.39, 0.29) is 0 Å². The second-order valence-electron chi connectivity index (χ2n) is 4.79. The highest BCUT2D eigenvalue weighted by atomic mass is 19.1. The predicted molar refractivity (Wildman–Crippen MR) is 82.7 cm³/mol. The first-order chi connectivity index (χ1) is 10.3. The Morgan fingerprint density at radius 1 is 0.714 bits per heavy atom. The summed E-state index contributed by atoms with van der Waals surface area (Å²) < 4.78 is 13.2. The summed E-state index contributed by atoms with van der Waals surface area (Å²) in [5.74, 6) is -0.401. The SMILES string of the molecule is O=Cc1cc(F)ccc1-c1ccc(-c2ccccc2)cc1. The van der Waals surface area contributed by atoms with Gasteiger partial charge in [-0.1, -0.05) is 60.7 Å². The summed E-state index contributed by atoms with van der Waals surface area (Å²) in [6, 6.07) is 22.2. The molecule has 2 heteroatoms. The second-order valence-corrected chi connectivity index (χ2v) is 4.79. The van der Waals surface area contributed by atoms with Crippen molar-refractivity contribution in [3.05, 3.63) is 84.2 Å². The van der Waals surface area contributed by atoms with Gasteiger partial charge in [0.15, 0.2) is 6.29 Å². The average molecular weight is 276 g/mol. The molecule has 0 aliphatic carbocycles. The van der Waals surface area contributed by atoms with Gasteiger partial charge in [0.2, 0.25) is 0 Å². The van der Waals surface area contributed by atoms with Crippen molar-refractivity contribution < 1.29 is 9.18 Å². The Hall–Kier alpha value is -2.74. The van der Waals surface area contributed by atoms with E-state index in [1.54, 1.807) is 6.07 Å². The van der Waals surface area contributed by atoms with E-state index in [4.69, 9.17) is 0 Å². The maximum absolute atomic E-state index is 13.2. The van der Waals surface area contributed by atoms with Crippen molar-refractivity contribution in [3.63, 3.8) is 0 Å². The molecule has 21 heavy (non-hydrogen) atoms. The van der Waals surface area contributed by atoms with Crippen LogP contribution in [0, 0.1) is 5.82 Å². The van der Waals surface area contributed by atoms with E-state index >= 15 is 0 Å². The molecule has 1 nitrogen and oxygen atoms in total. The molecule has 0 aliphatic heterocycles. The van der Waals surface area contributed by atoms with Gasteiger partial charge in [0.1, 0.15) is 5.82 Å². The average Bonchev–Trinajstić information content (AvgIpc) is 2.56. The van der Waals surface area contributed by atoms with E-state index in [1.165, 1.54) is 12.1 Å². The van der Waals surface area contributed by atoms with E-state index < -0.39 is 5.82 Å². The first-order valence-corrected chi connectivity index (χ1v) is 6.68. The Kier molecular flexibility index (Phi) is 3.61. The van der Waals surface area contributed by atoms with Gasteiger partial charge in [0.25, 0.3) is 0 Å². The lowest BCUT2D eigenvalue weighted by Gasteiger charge is -2.07. The third kappa shape index (κ3) is 2.75. The van der Waals surface area contributed by atoms with Crippen LogP contribution in [0.15, 0.2) is 72.8 Å². The molecular formula is C19H13FO. The minimum absolute atomic E-state index is 0.363. The Morgan fingerprint density at radius 2 is 1.33 bits per heavy atom. The molecule has 0 heterocycles. The van der Waals surface area contributed by atoms with Crippen molar-refractivity contribution in [2.24, 2.45) is 0 Å². The smallest absolute Gasteiger partial charge is 0.150 e. The van der Waals surface area contributed by atoms with Gasteiger partial charge in [-0.15, -0.1) is 0 Å². The van der Waals surface area contributed by atoms with Crippen LogP contribution in [0.3, 0.4) is 0 Å². The Morgan fingerprint density at radius 3 is 2.00 bits per heavy atom.